The molecule has 0 aromatic carbocycles. The van der Waals surface area contributed by atoms with Crippen molar-refractivity contribution in [2.75, 3.05) is 6.54 Å². The van der Waals surface area contributed by atoms with Gasteiger partial charge in [0.05, 0.1) is 6.26 Å². The van der Waals surface area contributed by atoms with Crippen molar-refractivity contribution < 1.29 is 9.21 Å². The predicted molar refractivity (Wildman–Crippen MR) is 69.5 cm³/mol. The van der Waals surface area contributed by atoms with Crippen molar-refractivity contribution in [3.05, 3.63) is 23.7 Å². The van der Waals surface area contributed by atoms with Crippen LogP contribution in [-0.4, -0.2) is 23.4 Å². The summed E-state index contributed by atoms with van der Waals surface area (Å²) in [5.41, 5.74) is 0.956. The summed E-state index contributed by atoms with van der Waals surface area (Å²) in [5, 5.41) is 0. The molecular formula is C15H21NO2. The molecular weight excluding hydrogens is 226 g/mol. The largest absolute Gasteiger partial charge is 0.459 e. The van der Waals surface area contributed by atoms with Gasteiger partial charge in [-0.05, 0) is 44.6 Å². The Morgan fingerprint density at radius 3 is 2.83 bits per heavy atom. The van der Waals surface area contributed by atoms with E-state index in [0.29, 0.717) is 11.8 Å². The van der Waals surface area contributed by atoms with Gasteiger partial charge >= 0.3 is 0 Å². The maximum Gasteiger partial charge on any atom is 0.290 e. The van der Waals surface area contributed by atoms with Gasteiger partial charge in [0.2, 0.25) is 0 Å². The zero-order valence-corrected chi connectivity index (χ0v) is 11.0. The van der Waals surface area contributed by atoms with Crippen LogP contribution in [0.25, 0.3) is 0 Å². The van der Waals surface area contributed by atoms with Crippen LogP contribution in [-0.2, 0) is 0 Å². The van der Waals surface area contributed by atoms with Crippen LogP contribution in [0.15, 0.2) is 16.7 Å². The first-order valence-corrected chi connectivity index (χ1v) is 7.12. The SMILES string of the molecule is Cc1ccoc1C(=O)N1CCCC2CCCCC21. The summed E-state index contributed by atoms with van der Waals surface area (Å²) in [6.07, 6.45) is 9.13. The topological polar surface area (TPSA) is 33.5 Å². The number of likely N-dealkylation sites (tertiary alicyclic amines) is 1. The molecule has 1 aliphatic heterocycles. The molecule has 3 nitrogen and oxygen atoms in total. The van der Waals surface area contributed by atoms with Crippen molar-refractivity contribution in [1.29, 1.82) is 0 Å². The van der Waals surface area contributed by atoms with Gasteiger partial charge < -0.3 is 9.32 Å². The average molecular weight is 247 g/mol. The summed E-state index contributed by atoms with van der Waals surface area (Å²) in [6.45, 7) is 2.85. The third-order valence-electron chi connectivity index (χ3n) is 4.56. The molecule has 2 fully saturated rings. The maximum atomic E-state index is 12.6. The van der Waals surface area contributed by atoms with E-state index in [2.05, 4.69) is 4.90 Å². The van der Waals surface area contributed by atoms with Crippen LogP contribution >= 0.6 is 0 Å². The average Bonchev–Trinajstić information content (AvgIpc) is 2.83. The lowest BCUT2D eigenvalue weighted by Gasteiger charge is -2.43. The second-order valence-corrected chi connectivity index (χ2v) is 5.69. The van der Waals surface area contributed by atoms with E-state index in [4.69, 9.17) is 4.42 Å². The lowest BCUT2D eigenvalue weighted by Crippen LogP contribution is -2.49. The van der Waals surface area contributed by atoms with Gasteiger partial charge in [0.25, 0.3) is 5.91 Å². The van der Waals surface area contributed by atoms with Crippen LogP contribution < -0.4 is 0 Å². The summed E-state index contributed by atoms with van der Waals surface area (Å²) in [6, 6.07) is 2.33. The van der Waals surface area contributed by atoms with Gasteiger partial charge in [-0.25, -0.2) is 0 Å². The highest BCUT2D eigenvalue weighted by molar-refractivity contribution is 5.93. The van der Waals surface area contributed by atoms with Crippen LogP contribution in [0, 0.1) is 12.8 Å². The maximum absolute atomic E-state index is 12.6. The van der Waals surface area contributed by atoms with Crippen molar-refractivity contribution in [3.63, 3.8) is 0 Å². The number of rotatable bonds is 1. The van der Waals surface area contributed by atoms with Crippen LogP contribution in [0.3, 0.4) is 0 Å². The van der Waals surface area contributed by atoms with E-state index < -0.39 is 0 Å². The van der Waals surface area contributed by atoms with Gasteiger partial charge in [0.15, 0.2) is 5.76 Å². The first-order valence-electron chi connectivity index (χ1n) is 7.12. The van der Waals surface area contributed by atoms with Crippen molar-refractivity contribution in [2.45, 2.75) is 51.5 Å². The van der Waals surface area contributed by atoms with Gasteiger partial charge in [-0.1, -0.05) is 12.8 Å². The number of amides is 1. The molecule has 0 radical (unpaired) electrons. The smallest absolute Gasteiger partial charge is 0.290 e. The third-order valence-corrected chi connectivity index (χ3v) is 4.56. The van der Waals surface area contributed by atoms with E-state index in [-0.39, 0.29) is 5.91 Å². The minimum Gasteiger partial charge on any atom is -0.459 e. The number of nitrogens with zero attached hydrogens (tertiary/aromatic N) is 1. The predicted octanol–water partition coefficient (Wildman–Crippen LogP) is 3.38. The van der Waals surface area contributed by atoms with Crippen molar-refractivity contribution in [3.8, 4) is 0 Å². The Morgan fingerprint density at radius 2 is 2.06 bits per heavy atom. The zero-order valence-electron chi connectivity index (χ0n) is 11.0. The highest BCUT2D eigenvalue weighted by atomic mass is 16.3. The fourth-order valence-electron chi connectivity index (χ4n) is 3.60. The van der Waals surface area contributed by atoms with E-state index >= 15 is 0 Å². The van der Waals surface area contributed by atoms with Gasteiger partial charge in [0.1, 0.15) is 0 Å². The lowest BCUT2D eigenvalue weighted by molar-refractivity contribution is 0.0361. The van der Waals surface area contributed by atoms with Gasteiger partial charge in [-0.2, -0.15) is 0 Å². The number of fused-ring (bicyclic) bond motifs is 1. The highest BCUT2D eigenvalue weighted by Gasteiger charge is 2.37. The molecule has 98 valence electrons. The normalized spacial score (nSPS) is 27.9. The van der Waals surface area contributed by atoms with Crippen LogP contribution in [0.4, 0.5) is 0 Å². The summed E-state index contributed by atoms with van der Waals surface area (Å²) >= 11 is 0. The van der Waals surface area contributed by atoms with Crippen LogP contribution in [0.5, 0.6) is 0 Å². The van der Waals surface area contributed by atoms with E-state index in [1.807, 2.05) is 13.0 Å². The molecule has 0 bridgehead atoms. The Balaban J connectivity index is 1.82. The molecule has 3 heteroatoms. The molecule has 1 aromatic rings. The molecule has 1 aliphatic carbocycles. The monoisotopic (exact) mass is 247 g/mol. The Hall–Kier alpha value is -1.25. The number of piperidine rings is 1. The van der Waals surface area contributed by atoms with Crippen molar-refractivity contribution >= 4 is 5.91 Å². The number of carbonyl (C=O) groups excluding carboxylic acids is 1. The quantitative estimate of drug-likeness (QED) is 0.762. The Bertz CT molecular complexity index is 435. The molecule has 0 spiro atoms. The Morgan fingerprint density at radius 1 is 1.28 bits per heavy atom. The first-order chi connectivity index (χ1) is 8.77. The molecule has 2 heterocycles. The molecule has 1 aromatic heterocycles. The molecule has 2 atom stereocenters. The molecule has 18 heavy (non-hydrogen) atoms. The van der Waals surface area contributed by atoms with Gasteiger partial charge in [-0.15, -0.1) is 0 Å². The minimum absolute atomic E-state index is 0.106. The second-order valence-electron chi connectivity index (χ2n) is 5.69. The Kier molecular flexibility index (Phi) is 3.14. The number of carbonyl (C=O) groups is 1. The standard InChI is InChI=1S/C15H21NO2/c1-11-8-10-18-14(11)15(17)16-9-4-6-12-5-2-3-7-13(12)16/h8,10,12-13H,2-7,9H2,1H3. The first kappa shape index (κ1) is 11.8. The van der Waals surface area contributed by atoms with Crippen molar-refractivity contribution in [1.82, 2.24) is 4.90 Å². The molecule has 1 saturated heterocycles. The van der Waals surface area contributed by atoms with E-state index in [1.54, 1.807) is 6.26 Å². The van der Waals surface area contributed by atoms with Gasteiger partial charge in [0, 0.05) is 18.2 Å². The molecule has 1 amide bonds. The summed E-state index contributed by atoms with van der Waals surface area (Å²) in [5.74, 6) is 1.38. The molecule has 3 rings (SSSR count). The van der Waals surface area contributed by atoms with E-state index in [1.165, 1.54) is 32.1 Å². The number of furan rings is 1. The fourth-order valence-corrected chi connectivity index (χ4v) is 3.60. The molecule has 2 aliphatic rings. The summed E-state index contributed by atoms with van der Waals surface area (Å²) < 4.78 is 5.37. The molecule has 0 N–H and O–H groups in total. The lowest BCUT2D eigenvalue weighted by atomic mass is 9.78. The fraction of sp³-hybridized carbons (Fsp3) is 0.667. The third kappa shape index (κ3) is 1.96. The Labute approximate surface area is 108 Å². The molecule has 2 unspecified atom stereocenters. The number of aryl methyl sites for hydroxylation is 1. The molecule has 1 saturated carbocycles. The van der Waals surface area contributed by atoms with Gasteiger partial charge in [-0.3, -0.25) is 4.79 Å². The van der Waals surface area contributed by atoms with Crippen molar-refractivity contribution in [2.24, 2.45) is 5.92 Å². The van der Waals surface area contributed by atoms with E-state index in [9.17, 15) is 4.79 Å². The minimum atomic E-state index is 0.106. The summed E-state index contributed by atoms with van der Waals surface area (Å²) in [7, 11) is 0. The second kappa shape index (κ2) is 4.79. The van der Waals surface area contributed by atoms with Crippen LogP contribution in [0.1, 0.15) is 54.6 Å². The number of hydrogen-bond donors (Lipinski definition) is 0. The number of hydrogen-bond acceptors (Lipinski definition) is 2. The highest BCUT2D eigenvalue weighted by Crippen LogP contribution is 2.36. The zero-order chi connectivity index (χ0) is 12.5. The van der Waals surface area contributed by atoms with Crippen LogP contribution in [0.2, 0.25) is 0 Å². The van der Waals surface area contributed by atoms with E-state index in [0.717, 1.165) is 24.4 Å². The summed E-state index contributed by atoms with van der Waals surface area (Å²) in [4.78, 5) is 14.7.